The lowest BCUT2D eigenvalue weighted by molar-refractivity contribution is -0.00294. The third-order valence-electron chi connectivity index (χ3n) is 1.87. The number of halogens is 7. The maximum absolute atomic E-state index is 11.6. The van der Waals surface area contributed by atoms with E-state index in [0.29, 0.717) is 21.1 Å². The van der Waals surface area contributed by atoms with E-state index < -0.39 is 67.6 Å². The molecule has 0 bridgehead atoms. The Hall–Kier alpha value is -0.760. The molecule has 0 aromatic heterocycles. The molecule has 29 heavy (non-hydrogen) atoms. The van der Waals surface area contributed by atoms with Crippen LogP contribution in [0.5, 0.6) is 0 Å². The third kappa shape index (κ3) is 21.8. The molecule has 0 aliphatic heterocycles. The Bertz CT molecular complexity index is 695. The molecule has 0 aliphatic rings. The number of hydrogen-bond acceptors (Lipinski definition) is 8. The highest BCUT2D eigenvalue weighted by molar-refractivity contribution is 8.10. The van der Waals surface area contributed by atoms with E-state index in [-0.39, 0.29) is 3.71 Å². The van der Waals surface area contributed by atoms with Crippen molar-refractivity contribution in [3.05, 3.63) is 0 Å². The van der Waals surface area contributed by atoms with Crippen LogP contribution in [-0.4, -0.2) is 87.7 Å². The summed E-state index contributed by atoms with van der Waals surface area (Å²) < 4.78 is 148. The maximum atomic E-state index is 11.6. The summed E-state index contributed by atoms with van der Waals surface area (Å²) in [6.45, 7) is -4.20. The quantitative estimate of drug-likeness (QED) is 0.336. The molecule has 0 N–H and O–H groups in total. The van der Waals surface area contributed by atoms with E-state index in [2.05, 4.69) is 8.92 Å². The van der Waals surface area contributed by atoms with E-state index in [1.54, 1.807) is 0 Å². The molecular formula is C10H22F7NO8S3. The minimum Gasteiger partial charge on any atom is -0.333 e. The lowest BCUT2D eigenvalue weighted by Gasteiger charge is -2.16. The second-order valence-electron chi connectivity index (χ2n) is 4.18. The van der Waals surface area contributed by atoms with Gasteiger partial charge in [0.1, 0.15) is 0 Å². The van der Waals surface area contributed by atoms with Gasteiger partial charge in [-0.2, -0.15) is 8.42 Å². The summed E-state index contributed by atoms with van der Waals surface area (Å²) in [6.07, 6.45) is 0. The van der Waals surface area contributed by atoms with E-state index in [9.17, 15) is 56.0 Å². The van der Waals surface area contributed by atoms with E-state index in [4.69, 9.17) is 0 Å². The van der Waals surface area contributed by atoms with Crippen LogP contribution in [0.3, 0.4) is 0 Å². The molecular weight excluding hydrogens is 491 g/mol. The number of sulfonamides is 2. The minimum atomic E-state index is -4.69. The standard InChI is InChI=1S/C5H12FNO8S3.C3H5F3.CH2F2.CH3F/c1-7(16(8,9)4-15-3-6)17(10,11)5-18(12,13)14-2;1-3(5,6)2-4;2-1-3;1-2/h3-5H2,1-2H3;2H2,1H3;1H2;1H3. The molecule has 0 aromatic rings. The van der Waals surface area contributed by atoms with Crippen LogP contribution in [0.2, 0.25) is 0 Å². The average molecular weight is 513 g/mol. The summed E-state index contributed by atoms with van der Waals surface area (Å²) in [5.74, 6) is -4.35. The first-order valence-electron chi connectivity index (χ1n) is 6.51. The van der Waals surface area contributed by atoms with Gasteiger partial charge in [-0.25, -0.2) is 43.2 Å². The van der Waals surface area contributed by atoms with Gasteiger partial charge in [0.15, 0.2) is 24.6 Å². The second kappa shape index (κ2) is 17.0. The molecule has 0 saturated heterocycles. The fourth-order valence-corrected chi connectivity index (χ4v) is 5.45. The highest BCUT2D eigenvalue weighted by Crippen LogP contribution is 2.11. The zero-order chi connectivity index (χ0) is 24.5. The Morgan fingerprint density at radius 2 is 1.24 bits per heavy atom. The molecule has 0 radical (unpaired) electrons. The Kier molecular flexibility index (Phi) is 20.9. The van der Waals surface area contributed by atoms with Crippen LogP contribution in [0.4, 0.5) is 30.7 Å². The van der Waals surface area contributed by atoms with Crippen molar-refractivity contribution in [1.29, 1.82) is 0 Å². The molecule has 0 spiro atoms. The van der Waals surface area contributed by atoms with Crippen LogP contribution in [0.1, 0.15) is 6.92 Å². The van der Waals surface area contributed by atoms with Crippen molar-refractivity contribution < 1.29 is 64.9 Å². The van der Waals surface area contributed by atoms with Crippen molar-refractivity contribution in [2.75, 3.05) is 52.8 Å². The summed E-state index contributed by atoms with van der Waals surface area (Å²) in [4.78, 5) is 0. The number of ether oxygens (including phenoxy) is 1. The summed E-state index contributed by atoms with van der Waals surface area (Å²) in [5, 5.41) is -1.55. The normalized spacial score (nSPS) is 12.0. The molecule has 0 rings (SSSR count). The zero-order valence-electron chi connectivity index (χ0n) is 15.6. The first-order valence-corrected chi connectivity index (χ1v) is 11.3. The first-order chi connectivity index (χ1) is 13.0. The van der Waals surface area contributed by atoms with Gasteiger partial charge in [-0.1, -0.05) is 3.71 Å². The summed E-state index contributed by atoms with van der Waals surface area (Å²) in [5.41, 5.74) is 0. The Morgan fingerprint density at radius 1 is 0.897 bits per heavy atom. The predicted octanol–water partition coefficient (Wildman–Crippen LogP) is 1.49. The van der Waals surface area contributed by atoms with Crippen molar-refractivity contribution in [2.45, 2.75) is 12.8 Å². The van der Waals surface area contributed by atoms with Crippen molar-refractivity contribution in [3.63, 3.8) is 0 Å². The SMILES string of the molecule is CC(F)(F)CF.CF.COS(=O)(=O)CS(=O)(=O)N(C)S(=O)(=O)COCF.FCF. The summed E-state index contributed by atoms with van der Waals surface area (Å²) in [7, 11) is -11.8. The van der Waals surface area contributed by atoms with Crippen molar-refractivity contribution in [3.8, 4) is 0 Å². The van der Waals surface area contributed by atoms with E-state index >= 15 is 0 Å². The van der Waals surface area contributed by atoms with Gasteiger partial charge in [-0.3, -0.25) is 8.57 Å². The number of nitrogens with zero attached hydrogens (tertiary/aromatic N) is 1. The smallest absolute Gasteiger partial charge is 0.283 e. The van der Waals surface area contributed by atoms with Crippen LogP contribution in [0.15, 0.2) is 0 Å². The van der Waals surface area contributed by atoms with Gasteiger partial charge >= 0.3 is 0 Å². The van der Waals surface area contributed by atoms with Gasteiger partial charge in [-0.15, -0.1) is 0 Å². The second-order valence-corrected chi connectivity index (χ2v) is 10.5. The molecule has 0 amide bonds. The van der Waals surface area contributed by atoms with Crippen molar-refractivity contribution in [1.82, 2.24) is 3.71 Å². The highest BCUT2D eigenvalue weighted by atomic mass is 32.3. The summed E-state index contributed by atoms with van der Waals surface area (Å²) >= 11 is 0. The zero-order valence-corrected chi connectivity index (χ0v) is 18.1. The molecule has 0 saturated carbocycles. The molecule has 0 atom stereocenters. The number of rotatable bonds is 9. The molecule has 0 heterocycles. The fraction of sp³-hybridized carbons (Fsp3) is 1.00. The highest BCUT2D eigenvalue weighted by Gasteiger charge is 2.34. The molecule has 19 heteroatoms. The summed E-state index contributed by atoms with van der Waals surface area (Å²) in [6, 6.07) is 0. The van der Waals surface area contributed by atoms with E-state index in [0.717, 1.165) is 7.11 Å². The van der Waals surface area contributed by atoms with Gasteiger partial charge in [-0.05, 0) is 0 Å². The minimum absolute atomic E-state index is 0.202. The third-order valence-corrected chi connectivity index (χ3v) is 8.12. The number of hydrogen-bond donors (Lipinski definition) is 0. The molecule has 9 nitrogen and oxygen atoms in total. The van der Waals surface area contributed by atoms with Crippen LogP contribution in [-0.2, 0) is 39.1 Å². The van der Waals surface area contributed by atoms with E-state index in [1.807, 2.05) is 0 Å². The van der Waals surface area contributed by atoms with Gasteiger partial charge in [0.05, 0.1) is 14.3 Å². The predicted molar refractivity (Wildman–Crippen MR) is 89.0 cm³/mol. The number of alkyl halides is 7. The molecule has 0 aliphatic carbocycles. The van der Waals surface area contributed by atoms with Gasteiger partial charge in [0, 0.05) is 14.0 Å². The van der Waals surface area contributed by atoms with Crippen LogP contribution >= 0.6 is 0 Å². The first kappa shape index (κ1) is 35.7. The van der Waals surface area contributed by atoms with Crippen LogP contribution < -0.4 is 0 Å². The monoisotopic (exact) mass is 513 g/mol. The van der Waals surface area contributed by atoms with Gasteiger partial charge < -0.3 is 4.74 Å². The van der Waals surface area contributed by atoms with Gasteiger partial charge in [0.25, 0.3) is 26.1 Å². The maximum Gasteiger partial charge on any atom is 0.283 e. The van der Waals surface area contributed by atoms with Crippen molar-refractivity contribution in [2.24, 2.45) is 0 Å². The lowest BCUT2D eigenvalue weighted by atomic mass is 10.4. The fourth-order valence-electron chi connectivity index (χ4n) is 0.689. The molecule has 0 fully saturated rings. The molecule has 0 aromatic carbocycles. The van der Waals surface area contributed by atoms with E-state index in [1.165, 1.54) is 0 Å². The van der Waals surface area contributed by atoms with Crippen molar-refractivity contribution >= 4 is 30.2 Å². The van der Waals surface area contributed by atoms with Crippen LogP contribution in [0.25, 0.3) is 0 Å². The Morgan fingerprint density at radius 3 is 1.48 bits per heavy atom. The largest absolute Gasteiger partial charge is 0.333 e. The molecule has 182 valence electrons. The Labute approximate surface area is 165 Å². The molecule has 0 unspecified atom stereocenters. The van der Waals surface area contributed by atoms with Gasteiger partial charge in [0.2, 0.25) is 17.0 Å². The lowest BCUT2D eigenvalue weighted by Crippen LogP contribution is -2.39. The average Bonchev–Trinajstić information content (AvgIpc) is 2.61. The topological polar surface area (TPSA) is 124 Å². The Balaban J connectivity index is -0.000000235. The van der Waals surface area contributed by atoms with Crippen LogP contribution in [0, 0.1) is 0 Å².